The van der Waals surface area contributed by atoms with E-state index in [2.05, 4.69) is 4.79 Å². The van der Waals surface area contributed by atoms with Gasteiger partial charge in [-0.25, -0.2) is 0 Å². The molecule has 0 spiro atoms. The van der Waals surface area contributed by atoms with Gasteiger partial charge in [0, 0.05) is 5.92 Å². The van der Waals surface area contributed by atoms with Crippen molar-refractivity contribution < 1.29 is 23.9 Å². The summed E-state index contributed by atoms with van der Waals surface area (Å²) in [4.78, 5) is 34.6. The van der Waals surface area contributed by atoms with Crippen molar-refractivity contribution in [3.05, 3.63) is 5.53 Å². The Bertz CT molecular complexity index is 312. The van der Waals surface area contributed by atoms with Gasteiger partial charge in [0.2, 0.25) is 5.78 Å². The van der Waals surface area contributed by atoms with Crippen LogP contribution in [0.2, 0.25) is 0 Å². The van der Waals surface area contributed by atoms with Gasteiger partial charge in [-0.15, -0.1) is 0 Å². The fraction of sp³-hybridized carbons (Fsp3) is 0.714. The molecule has 0 unspecified atom stereocenters. The lowest BCUT2D eigenvalue weighted by molar-refractivity contribution is -0.308. The molecular formula is C7H11N2O4P-2. The van der Waals surface area contributed by atoms with Crippen molar-refractivity contribution >= 4 is 18.8 Å². The Kier molecular flexibility index (Phi) is 4.88. The number of hydrogen-bond acceptors (Lipinski definition) is 4. The highest BCUT2D eigenvalue weighted by Gasteiger charge is 2.29. The molecule has 0 aliphatic carbocycles. The number of nitrogens with zero attached hydrogens (tertiary/aromatic N) is 2. The number of hydrogen-bond donors (Lipinski definition) is 0. The highest BCUT2D eigenvalue weighted by molar-refractivity contribution is 7.70. The van der Waals surface area contributed by atoms with E-state index in [1.54, 1.807) is 13.8 Å². The average molecular weight is 218 g/mol. The van der Waals surface area contributed by atoms with Gasteiger partial charge >= 0.3 is 5.45 Å². The van der Waals surface area contributed by atoms with Gasteiger partial charge in [-0.2, -0.15) is 4.79 Å². The van der Waals surface area contributed by atoms with Crippen LogP contribution in [0.3, 0.4) is 0 Å². The second-order valence-corrected chi connectivity index (χ2v) is 4.22. The predicted molar refractivity (Wildman–Crippen MR) is 45.3 cm³/mol. The van der Waals surface area contributed by atoms with Crippen LogP contribution >= 0.6 is 7.60 Å². The number of rotatable bonds is 5. The van der Waals surface area contributed by atoms with E-state index in [4.69, 9.17) is 5.53 Å². The highest BCUT2D eigenvalue weighted by Crippen LogP contribution is 2.27. The lowest BCUT2D eigenvalue weighted by atomic mass is 9.99. The van der Waals surface area contributed by atoms with E-state index in [1.165, 1.54) is 0 Å². The van der Waals surface area contributed by atoms with E-state index in [0.717, 1.165) is 0 Å². The summed E-state index contributed by atoms with van der Waals surface area (Å²) in [6, 6.07) is 0. The largest absolute Gasteiger partial charge is 0.802 e. The van der Waals surface area contributed by atoms with E-state index in [0.29, 0.717) is 12.8 Å². The Morgan fingerprint density at radius 1 is 1.43 bits per heavy atom. The number of carbonyl (C=O) groups excluding carboxylic acids is 1. The molecule has 0 aliphatic heterocycles. The Hall–Kier alpha value is -0.800. The number of ketones is 1. The van der Waals surface area contributed by atoms with Crippen LogP contribution < -0.4 is 9.79 Å². The number of Topliss-reactive ketones (excluding diaryl/α,β-unsaturated/α-hetero) is 1. The van der Waals surface area contributed by atoms with Crippen molar-refractivity contribution in [2.75, 3.05) is 0 Å². The van der Waals surface area contributed by atoms with Gasteiger partial charge < -0.3 is 19.9 Å². The Morgan fingerprint density at radius 3 is 2.07 bits per heavy atom. The van der Waals surface area contributed by atoms with Gasteiger partial charge in [0.25, 0.3) is 0 Å². The van der Waals surface area contributed by atoms with E-state index in [-0.39, 0.29) is 0 Å². The minimum absolute atomic E-state index is 0.397. The molecular weight excluding hydrogens is 207 g/mol. The van der Waals surface area contributed by atoms with Crippen LogP contribution in [0.15, 0.2) is 0 Å². The molecule has 6 nitrogen and oxygen atoms in total. The van der Waals surface area contributed by atoms with Crippen molar-refractivity contribution in [1.29, 1.82) is 0 Å². The zero-order valence-corrected chi connectivity index (χ0v) is 8.86. The maximum absolute atomic E-state index is 11.3. The van der Waals surface area contributed by atoms with Crippen molar-refractivity contribution in [2.24, 2.45) is 5.92 Å². The van der Waals surface area contributed by atoms with Crippen LogP contribution in [0.1, 0.15) is 26.7 Å². The summed E-state index contributed by atoms with van der Waals surface area (Å²) >= 11 is 0. The van der Waals surface area contributed by atoms with Crippen LogP contribution in [-0.2, 0) is 9.36 Å². The number of carbonyl (C=O) groups is 1. The molecule has 0 atom stereocenters. The summed E-state index contributed by atoms with van der Waals surface area (Å²) in [7, 11) is -5.26. The van der Waals surface area contributed by atoms with Gasteiger partial charge in [-0.3, -0.25) is 4.79 Å². The first-order valence-corrected chi connectivity index (χ1v) is 5.71. The van der Waals surface area contributed by atoms with Gasteiger partial charge in [-0.1, -0.05) is 13.8 Å². The maximum atomic E-state index is 11.3. The summed E-state index contributed by atoms with van der Waals surface area (Å²) in [6.07, 6.45) is 0.794. The second-order valence-electron chi connectivity index (χ2n) is 2.80. The molecule has 80 valence electrons. The SMILES string of the molecule is CCC(CC)C(=O)C(=[N+]=[N-])P(=O)([O-])[O-]. The van der Waals surface area contributed by atoms with Crippen LogP contribution in [0.4, 0.5) is 0 Å². The lowest BCUT2D eigenvalue weighted by Crippen LogP contribution is -2.32. The van der Waals surface area contributed by atoms with E-state index in [9.17, 15) is 19.1 Å². The fourth-order valence-corrected chi connectivity index (χ4v) is 1.64. The third-order valence-electron chi connectivity index (χ3n) is 1.93. The molecule has 14 heavy (non-hydrogen) atoms. The van der Waals surface area contributed by atoms with Gasteiger partial charge in [-0.05, 0) is 12.8 Å². The van der Waals surface area contributed by atoms with Crippen LogP contribution in [0.25, 0.3) is 5.53 Å². The molecule has 0 aliphatic rings. The standard InChI is InChI=1S/C7H13N2O4P/c1-3-5(4-2)6(10)7(9-8)14(11,12)13/h5H,3-4H2,1-2H3,(H2,11,12,13)/p-2. The van der Waals surface area contributed by atoms with E-state index >= 15 is 0 Å². The quantitative estimate of drug-likeness (QED) is 0.268. The third kappa shape index (κ3) is 3.16. The molecule has 0 aromatic carbocycles. The predicted octanol–water partition coefficient (Wildman–Crippen LogP) is -0.466. The fourth-order valence-electron chi connectivity index (χ4n) is 1.08. The first kappa shape index (κ1) is 13.2. The van der Waals surface area contributed by atoms with Crippen LogP contribution in [0.5, 0.6) is 0 Å². The van der Waals surface area contributed by atoms with E-state index < -0.39 is 24.7 Å². The molecule has 0 aromatic heterocycles. The zero-order chi connectivity index (χ0) is 11.4. The summed E-state index contributed by atoms with van der Waals surface area (Å²) in [5, 5.41) is 0. The normalized spacial score (nSPS) is 11.2. The molecule has 7 heteroatoms. The smallest absolute Gasteiger partial charge is 0.361 e. The Labute approximate surface area is 81.7 Å². The van der Waals surface area contributed by atoms with Gasteiger partial charge in [0.1, 0.15) is 0 Å². The summed E-state index contributed by atoms with van der Waals surface area (Å²) in [5.41, 5.74) is 6.99. The first-order valence-electron chi connectivity index (χ1n) is 4.17. The van der Waals surface area contributed by atoms with Crippen molar-refractivity contribution in [3.8, 4) is 0 Å². The van der Waals surface area contributed by atoms with Crippen LogP contribution in [0, 0.1) is 5.92 Å². The molecule has 0 radical (unpaired) electrons. The van der Waals surface area contributed by atoms with Crippen LogP contribution in [-0.4, -0.2) is 16.0 Å². The minimum Gasteiger partial charge on any atom is -0.802 e. The Morgan fingerprint density at radius 2 is 1.86 bits per heavy atom. The lowest BCUT2D eigenvalue weighted by Gasteiger charge is -2.24. The first-order chi connectivity index (χ1) is 6.38. The topological polar surface area (TPSA) is 117 Å². The second kappa shape index (κ2) is 5.17. The monoisotopic (exact) mass is 218 g/mol. The molecule has 0 bridgehead atoms. The minimum atomic E-state index is -5.26. The van der Waals surface area contributed by atoms with Gasteiger partial charge in [0.05, 0.1) is 7.60 Å². The van der Waals surface area contributed by atoms with Crippen molar-refractivity contribution in [1.82, 2.24) is 0 Å². The zero-order valence-electron chi connectivity index (χ0n) is 7.97. The van der Waals surface area contributed by atoms with Crippen molar-refractivity contribution in [2.45, 2.75) is 26.7 Å². The molecule has 0 saturated heterocycles. The van der Waals surface area contributed by atoms with E-state index in [1.807, 2.05) is 0 Å². The molecule has 0 amide bonds. The average Bonchev–Trinajstić information content (AvgIpc) is 2.05. The summed E-state index contributed by atoms with van der Waals surface area (Å²) in [6.45, 7) is 3.36. The molecule has 0 N–H and O–H groups in total. The molecule has 0 saturated carbocycles. The third-order valence-corrected chi connectivity index (χ3v) is 2.76. The maximum Gasteiger partial charge on any atom is 0.361 e. The molecule has 0 rings (SSSR count). The Balaban J connectivity index is 5.02. The molecule has 0 heterocycles. The van der Waals surface area contributed by atoms with Crippen molar-refractivity contribution in [3.63, 3.8) is 0 Å². The summed E-state index contributed by atoms with van der Waals surface area (Å²) < 4.78 is 10.5. The molecule has 0 aromatic rings. The van der Waals surface area contributed by atoms with Gasteiger partial charge in [0.15, 0.2) is 0 Å². The molecule has 0 fully saturated rings. The summed E-state index contributed by atoms with van der Waals surface area (Å²) in [5.74, 6) is -1.50. The highest BCUT2D eigenvalue weighted by atomic mass is 31.2.